The summed E-state index contributed by atoms with van der Waals surface area (Å²) < 4.78 is 10.9. The van der Waals surface area contributed by atoms with E-state index in [-0.39, 0.29) is 42.1 Å². The summed E-state index contributed by atoms with van der Waals surface area (Å²) in [4.78, 5) is 36.6. The summed E-state index contributed by atoms with van der Waals surface area (Å²) >= 11 is 0. The van der Waals surface area contributed by atoms with Gasteiger partial charge in [0.2, 0.25) is 0 Å². The van der Waals surface area contributed by atoms with E-state index in [1.807, 2.05) is 12.2 Å². The van der Waals surface area contributed by atoms with Crippen molar-refractivity contribution in [2.45, 2.75) is 12.8 Å². The van der Waals surface area contributed by atoms with Crippen LogP contribution in [0.1, 0.15) is 17.5 Å². The van der Waals surface area contributed by atoms with Crippen molar-refractivity contribution in [1.29, 1.82) is 0 Å². The number of methoxy groups -OCH3 is 1. The Morgan fingerprint density at radius 2 is 1.93 bits per heavy atom. The molecule has 1 heterocycles. The SMILES string of the molecule is C=CCc1cc(C=NN2C(=O)C3C4C=CC(C4)C3C2=O)cc(OC)c1OCC(N)=O. The number of benzene rings is 1. The predicted octanol–water partition coefficient (Wildman–Crippen LogP) is 1.43. The second kappa shape index (κ2) is 7.78. The minimum absolute atomic E-state index is 0.137. The number of amides is 3. The number of fused-ring (bicyclic) bond motifs is 5. The maximum Gasteiger partial charge on any atom is 0.255 e. The molecule has 1 saturated carbocycles. The zero-order chi connectivity index (χ0) is 21.4. The van der Waals surface area contributed by atoms with Crippen LogP contribution in [-0.2, 0) is 20.8 Å². The third kappa shape index (κ3) is 3.28. The van der Waals surface area contributed by atoms with Crippen LogP contribution in [-0.4, -0.2) is 42.7 Å². The number of carbonyl (C=O) groups excluding carboxylic acids is 3. The van der Waals surface area contributed by atoms with Gasteiger partial charge < -0.3 is 15.2 Å². The van der Waals surface area contributed by atoms with Gasteiger partial charge in [-0.1, -0.05) is 18.2 Å². The van der Waals surface area contributed by atoms with Gasteiger partial charge in [-0.2, -0.15) is 10.1 Å². The summed E-state index contributed by atoms with van der Waals surface area (Å²) in [6.07, 6.45) is 8.55. The van der Waals surface area contributed by atoms with Gasteiger partial charge in [0.1, 0.15) is 0 Å². The number of carbonyl (C=O) groups is 3. The molecule has 2 bridgehead atoms. The highest BCUT2D eigenvalue weighted by Crippen LogP contribution is 2.52. The molecule has 0 spiro atoms. The van der Waals surface area contributed by atoms with Crippen molar-refractivity contribution >= 4 is 23.9 Å². The van der Waals surface area contributed by atoms with Crippen LogP contribution in [0.5, 0.6) is 11.5 Å². The highest BCUT2D eigenvalue weighted by Gasteiger charge is 2.59. The van der Waals surface area contributed by atoms with E-state index < -0.39 is 5.91 Å². The van der Waals surface area contributed by atoms with Crippen molar-refractivity contribution in [1.82, 2.24) is 5.01 Å². The van der Waals surface area contributed by atoms with Gasteiger partial charge in [0.05, 0.1) is 25.2 Å². The van der Waals surface area contributed by atoms with Crippen LogP contribution in [0, 0.1) is 23.7 Å². The average molecular weight is 409 g/mol. The van der Waals surface area contributed by atoms with Crippen molar-refractivity contribution in [3.05, 3.63) is 48.1 Å². The molecule has 2 fully saturated rings. The Kier molecular flexibility index (Phi) is 5.15. The van der Waals surface area contributed by atoms with E-state index >= 15 is 0 Å². The Morgan fingerprint density at radius 1 is 1.27 bits per heavy atom. The largest absolute Gasteiger partial charge is 0.493 e. The topological polar surface area (TPSA) is 111 Å². The monoisotopic (exact) mass is 409 g/mol. The van der Waals surface area contributed by atoms with Crippen LogP contribution in [0.15, 0.2) is 42.0 Å². The van der Waals surface area contributed by atoms with E-state index in [4.69, 9.17) is 15.2 Å². The van der Waals surface area contributed by atoms with Crippen LogP contribution in [0.3, 0.4) is 0 Å². The fourth-order valence-corrected chi connectivity index (χ4v) is 4.65. The second-order valence-electron chi connectivity index (χ2n) is 7.69. The number of hydrazone groups is 1. The van der Waals surface area contributed by atoms with E-state index in [9.17, 15) is 14.4 Å². The Labute approximate surface area is 174 Å². The van der Waals surface area contributed by atoms with Crippen molar-refractivity contribution in [2.75, 3.05) is 13.7 Å². The standard InChI is InChI=1S/C22H23N3O5/c1-3-4-15-7-12(8-16(29-2)20(15)30-11-17(23)26)10-24-25-21(27)18-13-5-6-14(9-13)19(18)22(25)28/h3,5-8,10,13-14,18-19H,1,4,9,11H2,2H3,(H2,23,26). The molecule has 0 aromatic heterocycles. The lowest BCUT2D eigenvalue weighted by atomic mass is 9.85. The molecule has 2 N–H and O–H groups in total. The molecule has 8 nitrogen and oxygen atoms in total. The van der Waals surface area contributed by atoms with Gasteiger partial charge in [0.15, 0.2) is 18.1 Å². The lowest BCUT2D eigenvalue weighted by Gasteiger charge is -2.15. The number of imide groups is 1. The number of rotatable bonds is 8. The fraction of sp³-hybridized carbons (Fsp3) is 0.364. The maximum absolute atomic E-state index is 12.8. The predicted molar refractivity (Wildman–Crippen MR) is 109 cm³/mol. The highest BCUT2D eigenvalue weighted by molar-refractivity contribution is 6.06. The summed E-state index contributed by atoms with van der Waals surface area (Å²) in [5, 5.41) is 5.20. The number of nitrogens with zero attached hydrogens (tertiary/aromatic N) is 2. The van der Waals surface area contributed by atoms with Crippen LogP contribution < -0.4 is 15.2 Å². The first kappa shape index (κ1) is 19.9. The van der Waals surface area contributed by atoms with Crippen molar-refractivity contribution in [2.24, 2.45) is 34.5 Å². The number of primary amides is 1. The van der Waals surface area contributed by atoms with Gasteiger partial charge >= 0.3 is 0 Å². The Balaban J connectivity index is 1.60. The average Bonchev–Trinajstić information content (AvgIpc) is 3.39. The first-order valence-electron chi connectivity index (χ1n) is 9.77. The minimum Gasteiger partial charge on any atom is -0.493 e. The smallest absolute Gasteiger partial charge is 0.255 e. The van der Waals surface area contributed by atoms with Crippen LogP contribution in [0.4, 0.5) is 0 Å². The number of nitrogens with two attached hydrogens (primary N) is 1. The molecular formula is C22H23N3O5. The van der Waals surface area contributed by atoms with Crippen LogP contribution >= 0.6 is 0 Å². The summed E-state index contributed by atoms with van der Waals surface area (Å²) in [5.74, 6) is -0.618. The number of allylic oxidation sites excluding steroid dienone is 3. The quantitative estimate of drug-likeness (QED) is 0.397. The molecule has 4 rings (SSSR count). The molecule has 1 saturated heterocycles. The molecule has 0 radical (unpaired) electrons. The van der Waals surface area contributed by atoms with Crippen LogP contribution in [0.2, 0.25) is 0 Å². The molecule has 8 heteroatoms. The zero-order valence-electron chi connectivity index (χ0n) is 16.6. The minimum atomic E-state index is -0.604. The normalized spacial score (nSPS) is 26.5. The van der Waals surface area contributed by atoms with E-state index in [0.717, 1.165) is 11.4 Å². The third-order valence-corrected chi connectivity index (χ3v) is 5.87. The van der Waals surface area contributed by atoms with Gasteiger partial charge in [0.25, 0.3) is 17.7 Å². The van der Waals surface area contributed by atoms with Crippen molar-refractivity contribution in [3.8, 4) is 11.5 Å². The lowest BCUT2D eigenvalue weighted by molar-refractivity contribution is -0.140. The van der Waals surface area contributed by atoms with Crippen LogP contribution in [0.25, 0.3) is 0 Å². The molecule has 3 amide bonds. The van der Waals surface area contributed by atoms with E-state index in [0.29, 0.717) is 29.0 Å². The molecule has 1 aromatic carbocycles. The maximum atomic E-state index is 12.8. The fourth-order valence-electron chi connectivity index (χ4n) is 4.65. The highest BCUT2D eigenvalue weighted by atomic mass is 16.5. The molecule has 4 atom stereocenters. The molecular weight excluding hydrogens is 386 g/mol. The molecule has 3 aliphatic rings. The lowest BCUT2D eigenvalue weighted by Crippen LogP contribution is -2.28. The van der Waals surface area contributed by atoms with Gasteiger partial charge in [-0.15, -0.1) is 6.58 Å². The summed E-state index contributed by atoms with van der Waals surface area (Å²) in [7, 11) is 1.47. The summed E-state index contributed by atoms with van der Waals surface area (Å²) in [5.41, 5.74) is 6.50. The van der Waals surface area contributed by atoms with Crippen molar-refractivity contribution < 1.29 is 23.9 Å². The van der Waals surface area contributed by atoms with E-state index in [1.54, 1.807) is 18.2 Å². The molecule has 2 aliphatic carbocycles. The first-order valence-corrected chi connectivity index (χ1v) is 9.77. The number of hydrogen-bond acceptors (Lipinski definition) is 6. The van der Waals surface area contributed by atoms with E-state index in [1.165, 1.54) is 13.3 Å². The third-order valence-electron chi connectivity index (χ3n) is 5.87. The van der Waals surface area contributed by atoms with Gasteiger partial charge in [0, 0.05) is 5.56 Å². The Morgan fingerprint density at radius 3 is 2.50 bits per heavy atom. The number of ether oxygens (including phenoxy) is 2. The van der Waals surface area contributed by atoms with Gasteiger partial charge in [-0.25, -0.2) is 0 Å². The number of hydrogen-bond donors (Lipinski definition) is 1. The summed E-state index contributed by atoms with van der Waals surface area (Å²) in [6, 6.07) is 3.44. The molecule has 156 valence electrons. The molecule has 4 unspecified atom stereocenters. The van der Waals surface area contributed by atoms with Gasteiger partial charge in [-0.3, -0.25) is 14.4 Å². The summed E-state index contributed by atoms with van der Waals surface area (Å²) in [6.45, 7) is 3.45. The second-order valence-corrected chi connectivity index (χ2v) is 7.69. The Bertz CT molecular complexity index is 953. The molecule has 30 heavy (non-hydrogen) atoms. The first-order chi connectivity index (χ1) is 14.4. The Hall–Kier alpha value is -3.42. The van der Waals surface area contributed by atoms with Gasteiger partial charge in [-0.05, 0) is 42.4 Å². The zero-order valence-corrected chi connectivity index (χ0v) is 16.6. The molecule has 1 aliphatic heterocycles. The van der Waals surface area contributed by atoms with Crippen molar-refractivity contribution in [3.63, 3.8) is 0 Å². The molecule has 1 aromatic rings. The van der Waals surface area contributed by atoms with E-state index in [2.05, 4.69) is 11.7 Å².